The summed E-state index contributed by atoms with van der Waals surface area (Å²) in [4.78, 5) is 26.3. The molecule has 0 bridgehead atoms. The Morgan fingerprint density at radius 2 is 2.22 bits per heavy atom. The Morgan fingerprint density at radius 3 is 2.89 bits per heavy atom. The summed E-state index contributed by atoms with van der Waals surface area (Å²) >= 11 is 0. The van der Waals surface area contributed by atoms with Crippen molar-refractivity contribution in [2.75, 3.05) is 6.54 Å². The Kier molecular flexibility index (Phi) is 3.33. The van der Waals surface area contributed by atoms with Crippen LogP contribution < -0.4 is 11.3 Å². The Balaban J connectivity index is 2.57. The molecule has 0 fully saturated rings. The predicted molar refractivity (Wildman–Crippen MR) is 66.3 cm³/mol. The van der Waals surface area contributed by atoms with E-state index in [0.717, 1.165) is 0 Å². The van der Waals surface area contributed by atoms with Crippen LogP contribution in [-0.4, -0.2) is 21.0 Å². The molecule has 0 spiro atoms. The fourth-order valence-corrected chi connectivity index (χ4v) is 1.68. The molecule has 0 atom stereocenters. The first-order valence-corrected chi connectivity index (χ1v) is 5.47. The molecule has 0 saturated carbocycles. The quantitative estimate of drug-likeness (QED) is 0.632. The third-order valence-electron chi connectivity index (χ3n) is 2.62. The maximum absolute atomic E-state index is 12.1. The van der Waals surface area contributed by atoms with Crippen LogP contribution in [0, 0.1) is 10.1 Å². The van der Waals surface area contributed by atoms with Crippen molar-refractivity contribution in [1.29, 1.82) is 0 Å². The van der Waals surface area contributed by atoms with E-state index >= 15 is 0 Å². The second-order valence-electron chi connectivity index (χ2n) is 3.84. The number of rotatable bonds is 4. The van der Waals surface area contributed by atoms with Gasteiger partial charge in [-0.1, -0.05) is 0 Å². The summed E-state index contributed by atoms with van der Waals surface area (Å²) in [5, 5.41) is 10.9. The van der Waals surface area contributed by atoms with Gasteiger partial charge in [-0.25, -0.2) is 4.98 Å². The van der Waals surface area contributed by atoms with Gasteiger partial charge in [0.25, 0.3) is 11.2 Å². The van der Waals surface area contributed by atoms with Crippen molar-refractivity contribution >= 4 is 16.6 Å². The van der Waals surface area contributed by atoms with E-state index in [9.17, 15) is 14.9 Å². The second kappa shape index (κ2) is 4.92. The average molecular weight is 248 g/mol. The normalized spacial score (nSPS) is 10.7. The van der Waals surface area contributed by atoms with E-state index in [2.05, 4.69) is 4.98 Å². The largest absolute Gasteiger partial charge is 0.330 e. The van der Waals surface area contributed by atoms with E-state index in [1.807, 2.05) is 0 Å². The van der Waals surface area contributed by atoms with Gasteiger partial charge >= 0.3 is 0 Å². The van der Waals surface area contributed by atoms with Gasteiger partial charge in [-0.15, -0.1) is 0 Å². The minimum Gasteiger partial charge on any atom is -0.330 e. The summed E-state index contributed by atoms with van der Waals surface area (Å²) in [5.41, 5.74) is 5.44. The van der Waals surface area contributed by atoms with Crippen LogP contribution in [0.2, 0.25) is 0 Å². The molecule has 0 aliphatic heterocycles. The molecule has 0 unspecified atom stereocenters. The van der Waals surface area contributed by atoms with Crippen LogP contribution in [0.15, 0.2) is 29.3 Å². The van der Waals surface area contributed by atoms with Gasteiger partial charge in [0.2, 0.25) is 0 Å². The lowest BCUT2D eigenvalue weighted by Crippen LogP contribution is -2.22. The Morgan fingerprint density at radius 1 is 1.44 bits per heavy atom. The zero-order valence-electron chi connectivity index (χ0n) is 9.57. The highest BCUT2D eigenvalue weighted by atomic mass is 16.6. The molecular formula is C11H12N4O3. The highest BCUT2D eigenvalue weighted by Gasteiger charge is 2.10. The third kappa shape index (κ3) is 2.21. The summed E-state index contributed by atoms with van der Waals surface area (Å²) in [7, 11) is 0. The van der Waals surface area contributed by atoms with E-state index in [-0.39, 0.29) is 16.6 Å². The number of nitrogens with zero attached hydrogens (tertiary/aromatic N) is 3. The molecule has 1 aromatic heterocycles. The average Bonchev–Trinajstić information content (AvgIpc) is 2.37. The number of hydrogen-bond donors (Lipinski definition) is 1. The number of hydrogen-bond acceptors (Lipinski definition) is 5. The number of nitro groups is 1. The van der Waals surface area contributed by atoms with Gasteiger partial charge in [0.05, 0.1) is 22.2 Å². The summed E-state index contributed by atoms with van der Waals surface area (Å²) in [6.07, 6.45) is 2.09. The maximum atomic E-state index is 12.1. The van der Waals surface area contributed by atoms with Crippen molar-refractivity contribution in [3.63, 3.8) is 0 Å². The van der Waals surface area contributed by atoms with Crippen molar-refractivity contribution in [1.82, 2.24) is 9.55 Å². The fraction of sp³-hybridized carbons (Fsp3) is 0.273. The van der Waals surface area contributed by atoms with Crippen LogP contribution in [0.25, 0.3) is 10.9 Å². The minimum absolute atomic E-state index is 0.113. The zero-order chi connectivity index (χ0) is 13.1. The second-order valence-corrected chi connectivity index (χ2v) is 3.84. The first-order chi connectivity index (χ1) is 8.63. The van der Waals surface area contributed by atoms with E-state index in [4.69, 9.17) is 5.73 Å². The number of non-ortho nitro benzene ring substituents is 1. The van der Waals surface area contributed by atoms with Gasteiger partial charge in [-0.2, -0.15) is 0 Å². The molecule has 1 heterocycles. The number of nitrogens with two attached hydrogens (primary N) is 1. The molecule has 2 aromatic rings. The molecule has 94 valence electrons. The zero-order valence-corrected chi connectivity index (χ0v) is 9.57. The van der Waals surface area contributed by atoms with E-state index < -0.39 is 4.92 Å². The monoisotopic (exact) mass is 248 g/mol. The van der Waals surface area contributed by atoms with Crippen LogP contribution in [-0.2, 0) is 6.54 Å². The summed E-state index contributed by atoms with van der Waals surface area (Å²) < 4.78 is 1.42. The third-order valence-corrected chi connectivity index (χ3v) is 2.62. The van der Waals surface area contributed by atoms with Crippen LogP contribution in [0.1, 0.15) is 6.42 Å². The molecule has 0 amide bonds. The first kappa shape index (κ1) is 12.2. The van der Waals surface area contributed by atoms with Gasteiger partial charge in [0.1, 0.15) is 0 Å². The lowest BCUT2D eigenvalue weighted by molar-refractivity contribution is -0.384. The van der Waals surface area contributed by atoms with Gasteiger partial charge in [-0.3, -0.25) is 19.5 Å². The molecule has 1 aromatic carbocycles. The van der Waals surface area contributed by atoms with Crippen LogP contribution >= 0.6 is 0 Å². The van der Waals surface area contributed by atoms with Crippen LogP contribution in [0.5, 0.6) is 0 Å². The standard InChI is InChI=1S/C11H12N4O3/c12-4-1-5-14-7-13-10-3-2-8(15(17)18)6-9(10)11(14)16/h2-3,6-7H,1,4-5,12H2. The fourth-order valence-electron chi connectivity index (χ4n) is 1.68. The number of aromatic nitrogens is 2. The number of fused-ring (bicyclic) bond motifs is 1. The van der Waals surface area contributed by atoms with Crippen molar-refractivity contribution in [3.05, 3.63) is 45.0 Å². The Labute approximate surface area is 102 Å². The van der Waals surface area contributed by atoms with Gasteiger partial charge in [-0.05, 0) is 19.0 Å². The van der Waals surface area contributed by atoms with Crippen molar-refractivity contribution in [2.24, 2.45) is 5.73 Å². The molecule has 0 saturated heterocycles. The Hall–Kier alpha value is -2.28. The summed E-state index contributed by atoms with van der Waals surface area (Å²) in [6, 6.07) is 4.06. The molecule has 7 heteroatoms. The molecule has 0 radical (unpaired) electrons. The number of nitro benzene ring substituents is 1. The number of benzene rings is 1. The summed E-state index contributed by atoms with van der Waals surface area (Å²) in [6.45, 7) is 0.931. The maximum Gasteiger partial charge on any atom is 0.270 e. The van der Waals surface area contributed by atoms with Crippen molar-refractivity contribution in [2.45, 2.75) is 13.0 Å². The van der Waals surface area contributed by atoms with Crippen LogP contribution in [0.3, 0.4) is 0 Å². The molecule has 2 rings (SSSR count). The van der Waals surface area contributed by atoms with Gasteiger partial charge in [0, 0.05) is 18.7 Å². The lowest BCUT2D eigenvalue weighted by Gasteiger charge is -2.05. The lowest BCUT2D eigenvalue weighted by atomic mass is 10.2. The summed E-state index contributed by atoms with van der Waals surface area (Å²) in [5.74, 6) is 0. The highest BCUT2D eigenvalue weighted by Crippen LogP contribution is 2.16. The van der Waals surface area contributed by atoms with Gasteiger partial charge < -0.3 is 5.73 Å². The smallest absolute Gasteiger partial charge is 0.270 e. The Bertz CT molecular complexity index is 650. The SMILES string of the molecule is NCCCn1cnc2ccc([N+](=O)[O-])cc2c1=O. The van der Waals surface area contributed by atoms with Crippen molar-refractivity contribution < 1.29 is 4.92 Å². The predicted octanol–water partition coefficient (Wildman–Crippen LogP) is 0.653. The van der Waals surface area contributed by atoms with E-state index in [1.165, 1.54) is 29.1 Å². The first-order valence-electron chi connectivity index (χ1n) is 5.47. The molecular weight excluding hydrogens is 236 g/mol. The van der Waals surface area contributed by atoms with E-state index in [0.29, 0.717) is 25.0 Å². The van der Waals surface area contributed by atoms with Gasteiger partial charge in [0.15, 0.2) is 0 Å². The molecule has 0 aliphatic rings. The minimum atomic E-state index is -0.532. The highest BCUT2D eigenvalue weighted by molar-refractivity contribution is 5.79. The topological polar surface area (TPSA) is 104 Å². The van der Waals surface area contributed by atoms with E-state index in [1.54, 1.807) is 0 Å². The molecule has 0 aliphatic carbocycles. The molecule has 18 heavy (non-hydrogen) atoms. The molecule has 2 N–H and O–H groups in total. The number of aryl methyl sites for hydroxylation is 1. The van der Waals surface area contributed by atoms with Crippen molar-refractivity contribution in [3.8, 4) is 0 Å². The van der Waals surface area contributed by atoms with Crippen LogP contribution in [0.4, 0.5) is 5.69 Å². The molecule has 7 nitrogen and oxygen atoms in total.